The second-order valence-electron chi connectivity index (χ2n) is 2.52. The average Bonchev–Trinajstić information content (AvgIpc) is 2.07. The third kappa shape index (κ3) is 0.906. The molecule has 0 unspecified atom stereocenters. The first kappa shape index (κ1) is 7.03. The molecule has 0 aromatic heterocycles. The number of allylic oxidation sites excluding steroid dienone is 3. The van der Waals surface area contributed by atoms with Gasteiger partial charge in [-0.15, -0.1) is 0 Å². The van der Waals surface area contributed by atoms with E-state index in [2.05, 4.69) is 0 Å². The van der Waals surface area contributed by atoms with Crippen LogP contribution in [0.25, 0.3) is 0 Å². The first-order chi connectivity index (χ1) is 5.79. The second-order valence-corrected chi connectivity index (χ2v) is 2.52. The third-order valence-corrected chi connectivity index (χ3v) is 1.79. The summed E-state index contributed by atoms with van der Waals surface area (Å²) < 4.78 is 4.73. The van der Waals surface area contributed by atoms with Gasteiger partial charge in [-0.25, -0.2) is 4.79 Å². The molecule has 60 valence electrons. The zero-order chi connectivity index (χ0) is 8.55. The molecule has 0 fully saturated rings. The van der Waals surface area contributed by atoms with Crippen LogP contribution in [0.15, 0.2) is 35.5 Å². The highest BCUT2D eigenvalue weighted by Crippen LogP contribution is 2.21. The Balaban J connectivity index is 2.52. The van der Waals surface area contributed by atoms with Gasteiger partial charge in [-0.3, -0.25) is 4.79 Å². The van der Waals surface area contributed by atoms with Crippen LogP contribution in [-0.4, -0.2) is 18.4 Å². The Morgan fingerprint density at radius 3 is 2.83 bits per heavy atom. The number of fused-ring (bicyclic) bond motifs is 1. The van der Waals surface area contributed by atoms with Crippen LogP contribution >= 0.6 is 0 Å². The van der Waals surface area contributed by atoms with Crippen molar-refractivity contribution in [1.29, 1.82) is 0 Å². The number of ether oxygens (including phenoxy) is 1. The Kier molecular flexibility index (Phi) is 1.43. The minimum absolute atomic E-state index is 0.121. The fraction of sp³-hybridized carbons (Fsp3) is 0.111. The van der Waals surface area contributed by atoms with Crippen LogP contribution in [-0.2, 0) is 14.3 Å². The molecule has 3 nitrogen and oxygen atoms in total. The summed E-state index contributed by atoms with van der Waals surface area (Å²) in [5.74, 6) is -0.533. The topological polar surface area (TPSA) is 43.4 Å². The van der Waals surface area contributed by atoms with E-state index in [0.717, 1.165) is 0 Å². The number of cyclic esters (lactones) is 1. The molecule has 1 aliphatic carbocycles. The molecule has 0 saturated heterocycles. The minimum atomic E-state index is -0.412. The van der Waals surface area contributed by atoms with E-state index < -0.39 is 5.97 Å². The number of hydrogen-bond acceptors (Lipinski definition) is 3. The van der Waals surface area contributed by atoms with Gasteiger partial charge in [0.15, 0.2) is 5.78 Å². The molecule has 0 saturated carbocycles. The summed E-state index contributed by atoms with van der Waals surface area (Å²) in [5, 5.41) is 0. The molecule has 1 aliphatic heterocycles. The molecule has 0 bridgehead atoms. The summed E-state index contributed by atoms with van der Waals surface area (Å²) in [4.78, 5) is 22.2. The molecule has 3 heteroatoms. The fourth-order valence-corrected chi connectivity index (χ4v) is 1.21. The minimum Gasteiger partial charge on any atom is -0.458 e. The van der Waals surface area contributed by atoms with Crippen LogP contribution in [0.1, 0.15) is 0 Å². The van der Waals surface area contributed by atoms with E-state index in [1.54, 1.807) is 18.2 Å². The van der Waals surface area contributed by atoms with Crippen molar-refractivity contribution in [1.82, 2.24) is 0 Å². The average molecular weight is 162 g/mol. The van der Waals surface area contributed by atoms with Gasteiger partial charge < -0.3 is 4.74 Å². The van der Waals surface area contributed by atoms with Crippen molar-refractivity contribution in [2.75, 3.05) is 6.61 Å². The Hall–Kier alpha value is -1.64. The summed E-state index contributed by atoms with van der Waals surface area (Å²) in [6.45, 7) is 0.199. The molecule has 0 radical (unpaired) electrons. The summed E-state index contributed by atoms with van der Waals surface area (Å²) >= 11 is 0. The Morgan fingerprint density at radius 2 is 2.08 bits per heavy atom. The van der Waals surface area contributed by atoms with Crippen LogP contribution in [0.2, 0.25) is 0 Å². The van der Waals surface area contributed by atoms with Crippen LogP contribution < -0.4 is 0 Å². The van der Waals surface area contributed by atoms with Gasteiger partial charge in [0.05, 0.1) is 5.57 Å². The van der Waals surface area contributed by atoms with E-state index in [1.165, 1.54) is 6.08 Å². The van der Waals surface area contributed by atoms with Gasteiger partial charge in [0.1, 0.15) is 6.61 Å². The molecule has 1 heterocycles. The lowest BCUT2D eigenvalue weighted by atomic mass is 9.95. The highest BCUT2D eigenvalue weighted by molar-refractivity contribution is 6.16. The number of rotatable bonds is 0. The fourth-order valence-electron chi connectivity index (χ4n) is 1.21. The quantitative estimate of drug-likeness (QED) is 0.488. The Bertz CT molecular complexity index is 345. The van der Waals surface area contributed by atoms with Gasteiger partial charge in [0.25, 0.3) is 0 Å². The maximum Gasteiger partial charge on any atom is 0.339 e. The molecule has 0 amide bonds. The highest BCUT2D eigenvalue weighted by atomic mass is 16.5. The van der Waals surface area contributed by atoms with Crippen molar-refractivity contribution < 1.29 is 14.3 Å². The summed E-state index contributed by atoms with van der Waals surface area (Å²) in [7, 11) is 0. The number of carbonyl (C=O) groups is 2. The van der Waals surface area contributed by atoms with Gasteiger partial charge in [0, 0.05) is 5.57 Å². The lowest BCUT2D eigenvalue weighted by Gasteiger charge is -2.15. The SMILES string of the molecule is O=C1C=CC=C2C(=O)OCC=C12. The van der Waals surface area contributed by atoms with Crippen molar-refractivity contribution in [3.63, 3.8) is 0 Å². The zero-order valence-corrected chi connectivity index (χ0v) is 6.24. The highest BCUT2D eigenvalue weighted by Gasteiger charge is 2.25. The molecular formula is C9H6O3. The second kappa shape index (κ2) is 2.44. The van der Waals surface area contributed by atoms with Gasteiger partial charge in [-0.05, 0) is 18.2 Å². The van der Waals surface area contributed by atoms with E-state index in [4.69, 9.17) is 4.74 Å². The summed E-state index contributed by atoms with van der Waals surface area (Å²) in [6, 6.07) is 0. The number of ketones is 1. The van der Waals surface area contributed by atoms with Crippen molar-refractivity contribution in [2.45, 2.75) is 0 Å². The number of hydrogen-bond donors (Lipinski definition) is 0. The van der Waals surface area contributed by atoms with Crippen LogP contribution in [0, 0.1) is 0 Å². The molecular weight excluding hydrogens is 156 g/mol. The van der Waals surface area contributed by atoms with Gasteiger partial charge >= 0.3 is 5.97 Å². The molecule has 12 heavy (non-hydrogen) atoms. The van der Waals surface area contributed by atoms with E-state index in [1.807, 2.05) is 0 Å². The standard InChI is InChI=1S/C9H6O3/c10-8-3-1-2-7-6(8)4-5-12-9(7)11/h1-4H,5H2. The monoisotopic (exact) mass is 162 g/mol. The van der Waals surface area contributed by atoms with Gasteiger partial charge in [-0.1, -0.05) is 6.08 Å². The summed E-state index contributed by atoms with van der Waals surface area (Å²) in [6.07, 6.45) is 6.21. The Labute approximate surface area is 69.0 Å². The third-order valence-electron chi connectivity index (χ3n) is 1.79. The molecule has 2 rings (SSSR count). The number of esters is 1. The van der Waals surface area contributed by atoms with Crippen LogP contribution in [0.3, 0.4) is 0 Å². The van der Waals surface area contributed by atoms with E-state index in [-0.39, 0.29) is 12.4 Å². The molecule has 0 atom stereocenters. The molecule has 0 N–H and O–H groups in total. The first-order valence-corrected chi connectivity index (χ1v) is 3.59. The Morgan fingerprint density at radius 1 is 1.25 bits per heavy atom. The summed E-state index contributed by atoms with van der Waals surface area (Å²) in [5.41, 5.74) is 0.836. The normalized spacial score (nSPS) is 21.0. The van der Waals surface area contributed by atoms with Crippen molar-refractivity contribution in [2.24, 2.45) is 0 Å². The lowest BCUT2D eigenvalue weighted by molar-refractivity contribution is -0.138. The first-order valence-electron chi connectivity index (χ1n) is 3.59. The van der Waals surface area contributed by atoms with E-state index >= 15 is 0 Å². The van der Waals surface area contributed by atoms with Crippen molar-refractivity contribution >= 4 is 11.8 Å². The van der Waals surface area contributed by atoms with Crippen molar-refractivity contribution in [3.8, 4) is 0 Å². The zero-order valence-electron chi connectivity index (χ0n) is 6.24. The molecule has 0 aromatic rings. The smallest absolute Gasteiger partial charge is 0.339 e. The van der Waals surface area contributed by atoms with Gasteiger partial charge in [-0.2, -0.15) is 0 Å². The number of carbonyl (C=O) groups excluding carboxylic acids is 2. The van der Waals surface area contributed by atoms with Crippen LogP contribution in [0.5, 0.6) is 0 Å². The van der Waals surface area contributed by atoms with E-state index in [0.29, 0.717) is 11.1 Å². The van der Waals surface area contributed by atoms with Gasteiger partial charge in [0.2, 0.25) is 0 Å². The van der Waals surface area contributed by atoms with E-state index in [9.17, 15) is 9.59 Å². The maximum atomic E-state index is 11.2. The molecule has 0 spiro atoms. The predicted molar refractivity (Wildman–Crippen MR) is 41.3 cm³/mol. The molecule has 0 aromatic carbocycles. The maximum absolute atomic E-state index is 11.2. The molecule has 2 aliphatic rings. The lowest BCUT2D eigenvalue weighted by Crippen LogP contribution is -2.20. The largest absolute Gasteiger partial charge is 0.458 e. The van der Waals surface area contributed by atoms with Crippen molar-refractivity contribution in [3.05, 3.63) is 35.5 Å². The predicted octanol–water partition coefficient (Wildman–Crippen LogP) is 0.535. The van der Waals surface area contributed by atoms with Crippen LogP contribution in [0.4, 0.5) is 0 Å².